The first-order valence-electron chi connectivity index (χ1n) is 5.47. The van der Waals surface area contributed by atoms with Crippen molar-refractivity contribution >= 4 is 21.8 Å². The van der Waals surface area contributed by atoms with Gasteiger partial charge in [0.2, 0.25) is 5.91 Å². The number of nitrogens with zero attached hydrogens (tertiary/aromatic N) is 1. The Kier molecular flexibility index (Phi) is 3.44. The highest BCUT2D eigenvalue weighted by Crippen LogP contribution is 2.29. The van der Waals surface area contributed by atoms with Crippen LogP contribution in [-0.2, 0) is 15.0 Å². The maximum atomic E-state index is 13.2. The van der Waals surface area contributed by atoms with Crippen LogP contribution in [0.2, 0.25) is 0 Å². The van der Waals surface area contributed by atoms with Gasteiger partial charge in [-0.3, -0.25) is 4.79 Å². The van der Waals surface area contributed by atoms with Crippen LogP contribution in [0.15, 0.2) is 18.2 Å². The number of phenols is 1. The lowest BCUT2D eigenvalue weighted by atomic mass is 10.1. The lowest BCUT2D eigenvalue weighted by Gasteiger charge is -2.16. The largest absolute Gasteiger partial charge is 0.505 e. The van der Waals surface area contributed by atoms with Crippen LogP contribution in [0.1, 0.15) is 6.42 Å². The number of hydrogen-bond acceptors (Lipinski definition) is 4. The number of halogens is 2. The molecule has 1 saturated heterocycles. The Labute approximate surface area is 108 Å². The van der Waals surface area contributed by atoms with Crippen molar-refractivity contribution in [2.45, 2.75) is 6.42 Å². The molecule has 0 radical (unpaired) electrons. The number of benzene rings is 1. The first-order valence-corrected chi connectivity index (χ1v) is 7.03. The summed E-state index contributed by atoms with van der Waals surface area (Å²) in [4.78, 5) is 12.9. The summed E-state index contributed by atoms with van der Waals surface area (Å²) in [6, 6.07) is 3.40. The molecular weight excluding hydrogens is 280 g/mol. The average Bonchev–Trinajstić information content (AvgIpc) is 2.61. The normalized spacial score (nSPS) is 20.0. The van der Waals surface area contributed by atoms with Gasteiger partial charge >= 0.3 is 10.2 Å². The van der Waals surface area contributed by atoms with E-state index in [2.05, 4.69) is 0 Å². The van der Waals surface area contributed by atoms with Gasteiger partial charge < -0.3 is 10.0 Å². The Bertz CT molecular complexity index is 617. The molecule has 19 heavy (non-hydrogen) atoms. The van der Waals surface area contributed by atoms with Gasteiger partial charge in [-0.05, 0) is 12.1 Å². The number of amides is 1. The first-order chi connectivity index (χ1) is 8.76. The third kappa shape index (κ3) is 3.19. The molecule has 0 saturated carbocycles. The van der Waals surface area contributed by atoms with Crippen LogP contribution in [0.4, 0.5) is 14.0 Å². The van der Waals surface area contributed by atoms with Gasteiger partial charge in [0.1, 0.15) is 0 Å². The van der Waals surface area contributed by atoms with Crippen molar-refractivity contribution < 1.29 is 26.6 Å². The molecule has 1 aliphatic heterocycles. The minimum atomic E-state index is -4.64. The van der Waals surface area contributed by atoms with Crippen molar-refractivity contribution in [3.8, 4) is 5.75 Å². The highest BCUT2D eigenvalue weighted by atomic mass is 32.3. The van der Waals surface area contributed by atoms with E-state index in [0.717, 1.165) is 12.1 Å². The molecule has 1 amide bonds. The molecule has 104 valence electrons. The SMILES string of the molecule is O=C1CC(CS(=O)(=O)F)CN1c1ccc(O)c(F)c1. The van der Waals surface area contributed by atoms with Gasteiger partial charge in [0.05, 0.1) is 5.75 Å². The highest BCUT2D eigenvalue weighted by molar-refractivity contribution is 7.86. The fraction of sp³-hybridized carbons (Fsp3) is 0.364. The maximum absolute atomic E-state index is 13.2. The molecule has 0 bridgehead atoms. The van der Waals surface area contributed by atoms with Crippen molar-refractivity contribution in [2.24, 2.45) is 5.92 Å². The van der Waals surface area contributed by atoms with Crippen LogP contribution in [0.5, 0.6) is 5.75 Å². The monoisotopic (exact) mass is 291 g/mol. The van der Waals surface area contributed by atoms with E-state index < -0.39 is 39.4 Å². The quantitative estimate of drug-likeness (QED) is 0.849. The molecule has 1 aromatic carbocycles. The lowest BCUT2D eigenvalue weighted by molar-refractivity contribution is -0.117. The van der Waals surface area contributed by atoms with E-state index in [1.165, 1.54) is 11.0 Å². The number of hydrogen-bond donors (Lipinski definition) is 1. The summed E-state index contributed by atoms with van der Waals surface area (Å²) in [5.74, 6) is -3.21. The van der Waals surface area contributed by atoms with Crippen LogP contribution in [0.3, 0.4) is 0 Å². The molecule has 5 nitrogen and oxygen atoms in total. The Balaban J connectivity index is 2.18. The zero-order valence-corrected chi connectivity index (χ0v) is 10.5. The van der Waals surface area contributed by atoms with Crippen molar-refractivity contribution in [1.82, 2.24) is 0 Å². The fourth-order valence-corrected chi connectivity index (χ4v) is 2.87. The van der Waals surface area contributed by atoms with Crippen LogP contribution in [-0.4, -0.2) is 31.7 Å². The zero-order valence-electron chi connectivity index (χ0n) is 9.71. The van der Waals surface area contributed by atoms with E-state index in [1.54, 1.807) is 0 Å². The molecular formula is C11H11F2NO4S. The number of phenolic OH excluding ortho intramolecular Hbond substituents is 1. The third-order valence-electron chi connectivity index (χ3n) is 2.88. The fourth-order valence-electron chi connectivity index (χ4n) is 2.09. The van der Waals surface area contributed by atoms with E-state index in [1.807, 2.05) is 0 Å². The molecule has 1 aliphatic rings. The minimum Gasteiger partial charge on any atom is -0.505 e. The predicted molar refractivity (Wildman–Crippen MR) is 63.4 cm³/mol. The number of carbonyl (C=O) groups is 1. The summed E-state index contributed by atoms with van der Waals surface area (Å²) in [5.41, 5.74) is 0.207. The number of anilines is 1. The molecule has 1 N–H and O–H groups in total. The molecule has 0 spiro atoms. The Morgan fingerprint density at radius 1 is 1.42 bits per heavy atom. The van der Waals surface area contributed by atoms with Crippen molar-refractivity contribution in [3.05, 3.63) is 24.0 Å². The molecule has 1 unspecified atom stereocenters. The second-order valence-electron chi connectivity index (χ2n) is 4.42. The first kappa shape index (κ1) is 13.7. The highest BCUT2D eigenvalue weighted by Gasteiger charge is 2.33. The predicted octanol–water partition coefficient (Wildman–Crippen LogP) is 1.18. The van der Waals surface area contributed by atoms with E-state index in [-0.39, 0.29) is 18.7 Å². The van der Waals surface area contributed by atoms with Crippen LogP contribution in [0, 0.1) is 11.7 Å². The molecule has 1 atom stereocenters. The summed E-state index contributed by atoms with van der Waals surface area (Å²) in [7, 11) is -4.64. The zero-order chi connectivity index (χ0) is 14.2. The third-order valence-corrected chi connectivity index (χ3v) is 3.75. The Hall–Kier alpha value is -1.70. The van der Waals surface area contributed by atoms with Crippen LogP contribution in [0.25, 0.3) is 0 Å². The van der Waals surface area contributed by atoms with Crippen molar-refractivity contribution in [1.29, 1.82) is 0 Å². The maximum Gasteiger partial charge on any atom is 0.302 e. The Morgan fingerprint density at radius 3 is 2.68 bits per heavy atom. The van der Waals surface area contributed by atoms with Gasteiger partial charge in [0.25, 0.3) is 0 Å². The minimum absolute atomic E-state index is 0.00615. The number of aromatic hydroxyl groups is 1. The van der Waals surface area contributed by atoms with Crippen LogP contribution >= 0.6 is 0 Å². The molecule has 1 aromatic rings. The lowest BCUT2D eigenvalue weighted by Crippen LogP contribution is -2.25. The molecule has 8 heteroatoms. The standard InChI is InChI=1S/C11H11F2NO4S/c12-9-4-8(1-2-10(9)15)14-5-7(3-11(14)16)6-19(13,17)18/h1-2,4,7,15H,3,5-6H2. The van der Waals surface area contributed by atoms with E-state index in [0.29, 0.717) is 0 Å². The van der Waals surface area contributed by atoms with Gasteiger partial charge in [0, 0.05) is 30.6 Å². The van der Waals surface area contributed by atoms with Gasteiger partial charge in [0.15, 0.2) is 11.6 Å². The van der Waals surface area contributed by atoms with Crippen molar-refractivity contribution in [3.63, 3.8) is 0 Å². The summed E-state index contributed by atoms with van der Waals surface area (Å²) in [6.07, 6.45) is -0.106. The van der Waals surface area contributed by atoms with E-state index in [9.17, 15) is 21.5 Å². The van der Waals surface area contributed by atoms with Crippen LogP contribution < -0.4 is 4.90 Å². The summed E-state index contributed by atoms with van der Waals surface area (Å²) >= 11 is 0. The molecule has 0 aromatic heterocycles. The molecule has 0 aliphatic carbocycles. The van der Waals surface area contributed by atoms with E-state index in [4.69, 9.17) is 5.11 Å². The summed E-state index contributed by atoms with van der Waals surface area (Å²) in [6.45, 7) is 0.00615. The topological polar surface area (TPSA) is 74.7 Å². The van der Waals surface area contributed by atoms with Gasteiger partial charge in [-0.25, -0.2) is 4.39 Å². The Morgan fingerprint density at radius 2 is 2.11 bits per heavy atom. The smallest absolute Gasteiger partial charge is 0.302 e. The number of rotatable bonds is 3. The summed E-state index contributed by atoms with van der Waals surface area (Å²) in [5, 5.41) is 9.05. The molecule has 1 heterocycles. The average molecular weight is 291 g/mol. The number of carbonyl (C=O) groups excluding carboxylic acids is 1. The van der Waals surface area contributed by atoms with Gasteiger partial charge in [-0.2, -0.15) is 8.42 Å². The van der Waals surface area contributed by atoms with Crippen molar-refractivity contribution in [2.75, 3.05) is 17.2 Å². The molecule has 2 rings (SSSR count). The van der Waals surface area contributed by atoms with Gasteiger partial charge in [-0.15, -0.1) is 3.89 Å². The summed E-state index contributed by atoms with van der Waals surface area (Å²) < 4.78 is 46.8. The second-order valence-corrected chi connectivity index (χ2v) is 5.83. The van der Waals surface area contributed by atoms with Gasteiger partial charge in [-0.1, -0.05) is 0 Å². The second kappa shape index (κ2) is 4.76. The van der Waals surface area contributed by atoms with E-state index >= 15 is 0 Å². The molecule has 1 fully saturated rings.